The highest BCUT2D eigenvalue weighted by molar-refractivity contribution is 7.13. The summed E-state index contributed by atoms with van der Waals surface area (Å²) in [6.45, 7) is 20.8. The van der Waals surface area contributed by atoms with Crippen LogP contribution in [0.1, 0.15) is 108 Å². The van der Waals surface area contributed by atoms with Gasteiger partial charge in [-0.25, -0.2) is 18.6 Å². The summed E-state index contributed by atoms with van der Waals surface area (Å²) in [5.41, 5.74) is 3.89. The molecule has 4 unspecified atom stereocenters. The number of halogens is 2. The normalized spacial score (nSPS) is 20.9. The molecular formula is C67H78F2N12O8S. The molecule has 2 bridgehead atoms. The van der Waals surface area contributed by atoms with Crippen molar-refractivity contribution in [3.8, 4) is 45.8 Å². The first-order valence-corrected chi connectivity index (χ1v) is 32.2. The number of terminal acetylenes is 1. The fourth-order valence-corrected chi connectivity index (χ4v) is 14.6. The van der Waals surface area contributed by atoms with Crippen LogP contribution in [0.3, 0.4) is 0 Å². The van der Waals surface area contributed by atoms with Crippen molar-refractivity contribution in [2.45, 2.75) is 122 Å². The number of phenolic OH excluding ortho intramolecular Hbond substituents is 1. The maximum atomic E-state index is 17.4. The number of fused-ring (bicyclic) bond motifs is 4. The number of nitrogens with zero attached hydrogens (tertiary/aromatic N) is 11. The summed E-state index contributed by atoms with van der Waals surface area (Å²) < 4.78 is 50.6. The second kappa shape index (κ2) is 25.7. The third-order valence-electron chi connectivity index (χ3n) is 18.4. The van der Waals surface area contributed by atoms with Crippen LogP contribution in [-0.2, 0) is 14.3 Å². The van der Waals surface area contributed by atoms with Crippen LogP contribution >= 0.6 is 11.3 Å². The van der Waals surface area contributed by atoms with Crippen LogP contribution in [-0.4, -0.2) is 181 Å². The van der Waals surface area contributed by atoms with Gasteiger partial charge in [-0.2, -0.15) is 9.97 Å². The van der Waals surface area contributed by atoms with Gasteiger partial charge in [0.1, 0.15) is 52.8 Å². The zero-order valence-corrected chi connectivity index (χ0v) is 52.8. The lowest BCUT2D eigenvalue weighted by Crippen LogP contribution is -2.57. The summed E-state index contributed by atoms with van der Waals surface area (Å²) >= 11 is 1.58. The highest BCUT2D eigenvalue weighted by atomic mass is 32.1. The summed E-state index contributed by atoms with van der Waals surface area (Å²) in [7, 11) is 0. The smallest absolute Gasteiger partial charge is 0.410 e. The molecule has 474 valence electrons. The number of pyridine rings is 1. The first-order valence-electron chi connectivity index (χ1n) is 31.3. The molecule has 6 atom stereocenters. The number of piperazine rings is 2. The van der Waals surface area contributed by atoms with Gasteiger partial charge in [0, 0.05) is 88.5 Å². The first-order chi connectivity index (χ1) is 43.2. The zero-order valence-electron chi connectivity index (χ0n) is 52.0. The number of thiazole rings is 1. The third kappa shape index (κ3) is 12.9. The van der Waals surface area contributed by atoms with Gasteiger partial charge in [0.25, 0.3) is 0 Å². The molecule has 23 heteroatoms. The van der Waals surface area contributed by atoms with Crippen LogP contribution in [0.4, 0.5) is 25.2 Å². The number of anilines is 2. The number of hydrogen-bond acceptors (Lipinski definition) is 18. The molecule has 0 radical (unpaired) electrons. The maximum Gasteiger partial charge on any atom is 0.410 e. The summed E-state index contributed by atoms with van der Waals surface area (Å²) in [6.07, 6.45) is 9.74. The average molecular weight is 1250 g/mol. The van der Waals surface area contributed by atoms with E-state index in [1.165, 1.54) is 35.4 Å². The quantitative estimate of drug-likeness (QED) is 0.0768. The molecule has 7 aromatic rings. The number of β-amino-alcohol motifs (C(OH)–C–C–N with tert-alkyl or cyclic N) is 1. The summed E-state index contributed by atoms with van der Waals surface area (Å²) in [4.78, 5) is 73.8. The van der Waals surface area contributed by atoms with Crippen molar-refractivity contribution in [1.82, 2.24) is 50.0 Å². The summed E-state index contributed by atoms with van der Waals surface area (Å²) in [5.74, 6) is 1.26. The number of hydrogen-bond donors (Lipinski definition) is 3. The van der Waals surface area contributed by atoms with Crippen molar-refractivity contribution < 1.29 is 47.4 Å². The number of ether oxygens (including phenoxy) is 2. The summed E-state index contributed by atoms with van der Waals surface area (Å²) in [6, 6.07) is 13.8. The van der Waals surface area contributed by atoms with E-state index in [2.05, 4.69) is 46.0 Å². The Morgan fingerprint density at radius 2 is 1.63 bits per heavy atom. The fraction of sp³-hybridized carbons (Fsp3) is 0.493. The number of phenols is 1. The predicted octanol–water partition coefficient (Wildman–Crippen LogP) is 9.31. The molecule has 5 fully saturated rings. The number of piperidine rings is 1. The number of aromatic nitrogens is 5. The lowest BCUT2D eigenvalue weighted by atomic mass is 9.91. The van der Waals surface area contributed by atoms with E-state index in [0.29, 0.717) is 53.7 Å². The second-order valence-electron chi connectivity index (χ2n) is 26.1. The number of aliphatic hydroxyl groups is 1. The van der Waals surface area contributed by atoms with Gasteiger partial charge in [-0.1, -0.05) is 55.3 Å². The minimum Gasteiger partial charge on any atom is -0.508 e. The standard InChI is InChI=1S/C67H78F2N12O8S/c1-9-49-52(68)17-14-44-28-47(82)29-50(57(44)49)59-58(69)60-51(32-70-59)62(79-34-45-15-16-46(35-79)81(45)66(86)88-67(6,7)8)74-65(73-60)87-27-26-76-20-18-41(19-21-76)33-77-22-24-78(25-23-77)55-31-54(89-75-55)56(38(2)3)64(85)80-36-48(83)30-53(80)63(84)72-39(4)42-10-12-43(13-11-42)61-40(5)71-37-90-61/h1,10-14,17,28-29,31-32,37-39,41,45-46,48,53,56,82-83H,15-16,18-27,30,33-36H2,2-8H3,(H,72,84)/t39?,45?,46?,48-,53+,56?/m1/s1. The first kappa shape index (κ1) is 62.2. The number of aliphatic hydroxyl groups excluding tert-OH is 1. The molecule has 9 heterocycles. The molecule has 3 N–H and O–H groups in total. The number of benzene rings is 3. The van der Waals surface area contributed by atoms with Crippen molar-refractivity contribution in [3.63, 3.8) is 0 Å². The molecular weight excluding hydrogens is 1170 g/mol. The van der Waals surface area contributed by atoms with Gasteiger partial charge in [0.05, 0.1) is 51.3 Å². The SMILES string of the molecule is C#Cc1c(F)ccc2cc(O)cc(-c3ncc4c(N5CC6CCC(C5)N6C(=O)OC(C)(C)C)nc(OCCN5CCC(CN6CCN(c7cc(C(C(=O)N8C[C@H](O)C[C@H]8C(=O)NC(C)c8ccc(-c9scnc9C)cc8)C(C)C)on7)CC6)CC5)nc4c3F)c12. The zero-order chi connectivity index (χ0) is 63.3. The molecule has 5 aliphatic heterocycles. The van der Waals surface area contributed by atoms with Crippen LogP contribution in [0.2, 0.25) is 0 Å². The Bertz CT molecular complexity index is 3840. The lowest BCUT2D eigenvalue weighted by molar-refractivity contribution is -0.141. The van der Waals surface area contributed by atoms with Crippen LogP contribution < -0.4 is 19.9 Å². The van der Waals surface area contributed by atoms with E-state index in [1.807, 2.05) is 94.1 Å². The average Bonchev–Trinajstić information content (AvgIpc) is 1.01. The van der Waals surface area contributed by atoms with Crippen molar-refractivity contribution >= 4 is 62.6 Å². The van der Waals surface area contributed by atoms with Crippen molar-refractivity contribution in [2.24, 2.45) is 11.8 Å². The second-order valence-corrected chi connectivity index (χ2v) is 26.9. The largest absolute Gasteiger partial charge is 0.508 e. The minimum atomic E-state index is -0.841. The number of nitrogens with one attached hydrogen (secondary N) is 1. The predicted molar refractivity (Wildman–Crippen MR) is 339 cm³/mol. The molecule has 3 amide bonds. The number of amides is 3. The Morgan fingerprint density at radius 1 is 0.900 bits per heavy atom. The maximum absolute atomic E-state index is 17.4. The van der Waals surface area contributed by atoms with E-state index < -0.39 is 35.3 Å². The van der Waals surface area contributed by atoms with E-state index in [1.54, 1.807) is 11.3 Å². The van der Waals surface area contributed by atoms with Crippen molar-refractivity contribution in [2.75, 3.05) is 88.4 Å². The summed E-state index contributed by atoms with van der Waals surface area (Å²) in [5, 5.41) is 30.2. The monoisotopic (exact) mass is 1250 g/mol. The molecule has 3 aromatic carbocycles. The number of aryl methyl sites for hydroxylation is 1. The van der Waals surface area contributed by atoms with E-state index in [4.69, 9.17) is 25.4 Å². The Labute approximate surface area is 526 Å². The van der Waals surface area contributed by atoms with Gasteiger partial charge >= 0.3 is 12.1 Å². The van der Waals surface area contributed by atoms with Gasteiger partial charge in [0.2, 0.25) is 11.8 Å². The van der Waals surface area contributed by atoms with Crippen molar-refractivity contribution in [3.05, 3.63) is 101 Å². The third-order valence-corrected chi connectivity index (χ3v) is 19.4. The van der Waals surface area contributed by atoms with E-state index in [0.717, 1.165) is 93.2 Å². The van der Waals surface area contributed by atoms with Crippen molar-refractivity contribution in [1.29, 1.82) is 0 Å². The highest BCUT2D eigenvalue weighted by Crippen LogP contribution is 2.42. The highest BCUT2D eigenvalue weighted by Gasteiger charge is 2.46. The fourth-order valence-electron chi connectivity index (χ4n) is 13.8. The van der Waals surface area contributed by atoms with E-state index >= 15 is 8.78 Å². The lowest BCUT2D eigenvalue weighted by Gasteiger charge is -2.42. The van der Waals surface area contributed by atoms with Crippen LogP contribution in [0.5, 0.6) is 11.8 Å². The number of carbonyl (C=O) groups excluding carboxylic acids is 3. The van der Waals surface area contributed by atoms with E-state index in [9.17, 15) is 24.6 Å². The Morgan fingerprint density at radius 3 is 2.31 bits per heavy atom. The molecule has 0 spiro atoms. The van der Waals surface area contributed by atoms with Crippen LogP contribution in [0.25, 0.3) is 43.4 Å². The van der Waals surface area contributed by atoms with Gasteiger partial charge in [-0.15, -0.1) is 17.8 Å². The molecule has 4 aromatic heterocycles. The molecule has 12 rings (SSSR count). The number of likely N-dealkylation sites (tertiary alicyclic amines) is 2. The topological polar surface area (TPSA) is 219 Å². The Kier molecular flexibility index (Phi) is 17.7. The molecule has 5 saturated heterocycles. The van der Waals surface area contributed by atoms with Gasteiger partial charge < -0.3 is 44.2 Å². The number of aromatic hydroxyl groups is 1. The Hall–Kier alpha value is -8.04. The van der Waals surface area contributed by atoms with Gasteiger partial charge in [0.15, 0.2) is 17.4 Å². The molecule has 20 nitrogen and oxygen atoms in total. The number of carbonyl (C=O) groups is 3. The molecule has 90 heavy (non-hydrogen) atoms. The molecule has 0 aliphatic carbocycles. The van der Waals surface area contributed by atoms with Crippen LogP contribution in [0.15, 0.2) is 70.8 Å². The molecule has 5 aliphatic rings. The Balaban J connectivity index is 0.655. The molecule has 0 saturated carbocycles. The number of rotatable bonds is 16. The van der Waals surface area contributed by atoms with Gasteiger partial charge in [-0.3, -0.25) is 29.3 Å². The van der Waals surface area contributed by atoms with E-state index in [-0.39, 0.29) is 101 Å². The van der Waals surface area contributed by atoms with Crippen LogP contribution in [0, 0.1) is 42.7 Å². The minimum absolute atomic E-state index is 0.0274. The van der Waals surface area contributed by atoms with Gasteiger partial charge in [-0.05, 0) is 120 Å².